The second kappa shape index (κ2) is 5.67. The molecule has 0 fully saturated rings. The number of nitrogens with zero attached hydrogens (tertiary/aromatic N) is 2. The normalized spacial score (nSPS) is 17.1. The van der Waals surface area contributed by atoms with E-state index in [1.54, 1.807) is 14.2 Å². The van der Waals surface area contributed by atoms with Gasteiger partial charge in [0.25, 0.3) is 0 Å². The van der Waals surface area contributed by atoms with Crippen molar-refractivity contribution in [2.45, 2.75) is 19.3 Å². The fraction of sp³-hybridized carbons (Fsp3) is 0.429. The van der Waals surface area contributed by atoms with Crippen molar-refractivity contribution in [1.29, 1.82) is 0 Å². The Morgan fingerprint density at radius 2 is 2.21 bits per heavy atom. The minimum absolute atomic E-state index is 0.147. The van der Waals surface area contributed by atoms with Crippen LogP contribution in [-0.4, -0.2) is 31.0 Å². The van der Waals surface area contributed by atoms with Gasteiger partial charge in [-0.2, -0.15) is 4.79 Å². The molecular formula is C14H16N2O3. The van der Waals surface area contributed by atoms with Crippen LogP contribution < -0.4 is 9.47 Å². The largest absolute Gasteiger partial charge is 0.497 e. The van der Waals surface area contributed by atoms with Crippen LogP contribution in [0.4, 0.5) is 0 Å². The third kappa shape index (κ3) is 2.66. The van der Waals surface area contributed by atoms with Gasteiger partial charge in [-0.15, -0.1) is 0 Å². The van der Waals surface area contributed by atoms with E-state index < -0.39 is 0 Å². The maximum Gasteiger partial charge on any atom is 0.323 e. The van der Waals surface area contributed by atoms with Crippen LogP contribution in [0, 0.1) is 5.92 Å². The van der Waals surface area contributed by atoms with Crippen LogP contribution >= 0.6 is 0 Å². The number of ketones is 1. The predicted octanol–water partition coefficient (Wildman–Crippen LogP) is 1.68. The van der Waals surface area contributed by atoms with Gasteiger partial charge in [-0.05, 0) is 36.5 Å². The van der Waals surface area contributed by atoms with Crippen LogP contribution in [0.15, 0.2) is 12.1 Å². The van der Waals surface area contributed by atoms with Crippen molar-refractivity contribution >= 4 is 12.0 Å². The Hall–Kier alpha value is -2.13. The third-order valence-corrected chi connectivity index (χ3v) is 3.53. The number of hydrogen-bond donors (Lipinski definition) is 0. The molecule has 0 radical (unpaired) electrons. The van der Waals surface area contributed by atoms with E-state index in [1.807, 2.05) is 12.1 Å². The first kappa shape index (κ1) is 13.3. The van der Waals surface area contributed by atoms with Gasteiger partial charge in [0, 0.05) is 12.0 Å². The Labute approximate surface area is 111 Å². The summed E-state index contributed by atoms with van der Waals surface area (Å²) in [4.78, 5) is 14.6. The third-order valence-electron chi connectivity index (χ3n) is 3.53. The summed E-state index contributed by atoms with van der Waals surface area (Å²) in [5, 5.41) is 0. The molecule has 0 saturated carbocycles. The van der Waals surface area contributed by atoms with Gasteiger partial charge in [0.2, 0.25) is 5.78 Å². The first-order valence-electron chi connectivity index (χ1n) is 6.14. The molecule has 100 valence electrons. The summed E-state index contributed by atoms with van der Waals surface area (Å²) in [6.45, 7) is 0. The smallest absolute Gasteiger partial charge is 0.323 e. The molecule has 0 amide bonds. The zero-order valence-electron chi connectivity index (χ0n) is 11.0. The molecule has 0 N–H and O–H groups in total. The molecule has 1 aliphatic carbocycles. The second-order valence-electron chi connectivity index (χ2n) is 4.55. The fourth-order valence-corrected chi connectivity index (χ4v) is 2.51. The summed E-state index contributed by atoms with van der Waals surface area (Å²) >= 11 is 0. The minimum atomic E-state index is -0.148. The second-order valence-corrected chi connectivity index (χ2v) is 4.55. The number of carbonyl (C=O) groups is 1. The van der Waals surface area contributed by atoms with E-state index in [1.165, 1.54) is 0 Å². The summed E-state index contributed by atoms with van der Waals surface area (Å²) in [6, 6.07) is 3.81. The number of carbonyl (C=O) groups excluding carboxylic acids is 1. The van der Waals surface area contributed by atoms with Crippen molar-refractivity contribution in [3.63, 3.8) is 0 Å². The Balaban J connectivity index is 2.34. The number of Topliss-reactive ketones (excluding diaryl/α,β-unsaturated/α-hetero) is 1. The van der Waals surface area contributed by atoms with Crippen LogP contribution in [0.2, 0.25) is 0 Å². The van der Waals surface area contributed by atoms with Crippen LogP contribution in [0.1, 0.15) is 17.5 Å². The standard InChI is InChI=1S/C14H16N2O3/c1-18-11-5-9-3-4-10(13(17)8-16-15)6-12(9)14(7-11)19-2/h5,7-8,10H,3-4,6H2,1-2H3. The monoisotopic (exact) mass is 260 g/mol. The van der Waals surface area contributed by atoms with Gasteiger partial charge in [0.15, 0.2) is 0 Å². The van der Waals surface area contributed by atoms with E-state index in [0.29, 0.717) is 6.42 Å². The molecule has 1 aromatic rings. The average molecular weight is 260 g/mol. The molecule has 0 aliphatic heterocycles. The summed E-state index contributed by atoms with van der Waals surface area (Å²) in [7, 11) is 3.23. The van der Waals surface area contributed by atoms with Gasteiger partial charge in [-0.25, -0.2) is 0 Å². The number of rotatable bonds is 4. The van der Waals surface area contributed by atoms with Gasteiger partial charge >= 0.3 is 6.21 Å². The van der Waals surface area contributed by atoms with Crippen molar-refractivity contribution in [3.8, 4) is 11.5 Å². The molecule has 0 heterocycles. The minimum Gasteiger partial charge on any atom is -0.497 e. The lowest BCUT2D eigenvalue weighted by Gasteiger charge is -2.24. The molecule has 19 heavy (non-hydrogen) atoms. The molecule has 2 rings (SSSR count). The highest BCUT2D eigenvalue weighted by molar-refractivity contribution is 6.26. The van der Waals surface area contributed by atoms with Crippen molar-refractivity contribution in [3.05, 3.63) is 28.8 Å². The molecule has 1 atom stereocenters. The molecule has 0 saturated heterocycles. The number of hydrogen-bond acceptors (Lipinski definition) is 3. The Morgan fingerprint density at radius 1 is 1.42 bits per heavy atom. The van der Waals surface area contributed by atoms with Crippen LogP contribution in [-0.2, 0) is 17.6 Å². The topological polar surface area (TPSA) is 71.9 Å². The van der Waals surface area contributed by atoms with Gasteiger partial charge in [0.05, 0.1) is 14.2 Å². The molecule has 1 aliphatic rings. The van der Waals surface area contributed by atoms with E-state index in [2.05, 4.69) is 4.79 Å². The molecule has 0 aromatic heterocycles. The van der Waals surface area contributed by atoms with Gasteiger partial charge in [-0.1, -0.05) is 0 Å². The van der Waals surface area contributed by atoms with Crippen molar-refractivity contribution < 1.29 is 19.1 Å². The quantitative estimate of drug-likeness (QED) is 0.469. The van der Waals surface area contributed by atoms with E-state index in [0.717, 1.165) is 41.7 Å². The van der Waals surface area contributed by atoms with Crippen molar-refractivity contribution in [2.24, 2.45) is 5.92 Å². The zero-order chi connectivity index (χ0) is 13.8. The lowest BCUT2D eigenvalue weighted by Crippen LogP contribution is -2.24. The fourth-order valence-electron chi connectivity index (χ4n) is 2.51. The van der Waals surface area contributed by atoms with Crippen LogP contribution in [0.25, 0.3) is 5.53 Å². The van der Waals surface area contributed by atoms with Gasteiger partial charge in [-0.3, -0.25) is 4.79 Å². The van der Waals surface area contributed by atoms with Crippen molar-refractivity contribution in [2.75, 3.05) is 14.2 Å². The van der Waals surface area contributed by atoms with E-state index in [9.17, 15) is 4.79 Å². The first-order valence-corrected chi connectivity index (χ1v) is 6.14. The highest BCUT2D eigenvalue weighted by Gasteiger charge is 2.28. The van der Waals surface area contributed by atoms with E-state index in [4.69, 9.17) is 15.0 Å². The number of aryl methyl sites for hydroxylation is 1. The SMILES string of the molecule is COc1cc2c(c(OC)c1)CC(C(=O)C=[N+]=[N-])CC2. The molecule has 0 spiro atoms. The summed E-state index contributed by atoms with van der Waals surface area (Å²) in [5.41, 5.74) is 10.6. The molecule has 5 nitrogen and oxygen atoms in total. The van der Waals surface area contributed by atoms with E-state index in [-0.39, 0.29) is 11.7 Å². The Morgan fingerprint density at radius 3 is 2.84 bits per heavy atom. The number of benzene rings is 1. The Kier molecular flexibility index (Phi) is 3.97. The number of fused-ring (bicyclic) bond motifs is 1. The summed E-state index contributed by atoms with van der Waals surface area (Å²) < 4.78 is 10.6. The molecular weight excluding hydrogens is 244 g/mol. The van der Waals surface area contributed by atoms with Crippen molar-refractivity contribution in [1.82, 2.24) is 0 Å². The number of ether oxygens (including phenoxy) is 2. The van der Waals surface area contributed by atoms with Crippen LogP contribution in [0.5, 0.6) is 11.5 Å². The maximum absolute atomic E-state index is 11.8. The highest BCUT2D eigenvalue weighted by atomic mass is 16.5. The van der Waals surface area contributed by atoms with Crippen LogP contribution in [0.3, 0.4) is 0 Å². The maximum atomic E-state index is 11.8. The van der Waals surface area contributed by atoms with E-state index >= 15 is 0 Å². The zero-order valence-corrected chi connectivity index (χ0v) is 11.0. The van der Waals surface area contributed by atoms with Gasteiger partial charge in [0.1, 0.15) is 11.5 Å². The number of methoxy groups -OCH3 is 2. The highest BCUT2D eigenvalue weighted by Crippen LogP contribution is 2.36. The molecule has 1 unspecified atom stereocenters. The van der Waals surface area contributed by atoms with Gasteiger partial charge < -0.3 is 15.0 Å². The Bertz CT molecular complexity index is 531. The first-order chi connectivity index (χ1) is 9.19. The molecule has 1 aromatic carbocycles. The summed E-state index contributed by atoms with van der Waals surface area (Å²) in [5.74, 6) is 1.21. The lowest BCUT2D eigenvalue weighted by atomic mass is 9.81. The average Bonchev–Trinajstić information content (AvgIpc) is 2.45. The lowest BCUT2D eigenvalue weighted by molar-refractivity contribution is -0.119. The molecule has 0 bridgehead atoms. The summed E-state index contributed by atoms with van der Waals surface area (Å²) in [6.07, 6.45) is 3.12. The molecule has 5 heteroatoms. The predicted molar refractivity (Wildman–Crippen MR) is 69.8 cm³/mol.